The molecular formula is C17H20ClN3O2S. The van der Waals surface area contributed by atoms with Crippen molar-refractivity contribution in [3.8, 4) is 10.6 Å². The molecule has 0 unspecified atom stereocenters. The number of thiazole rings is 1. The van der Waals surface area contributed by atoms with Crippen molar-refractivity contribution >= 4 is 34.8 Å². The van der Waals surface area contributed by atoms with Crippen LogP contribution in [-0.2, 0) is 4.79 Å². The molecule has 2 amide bonds. The monoisotopic (exact) mass is 365 g/mol. The highest BCUT2D eigenvalue weighted by Crippen LogP contribution is 2.25. The molecule has 24 heavy (non-hydrogen) atoms. The fourth-order valence-electron chi connectivity index (χ4n) is 2.13. The van der Waals surface area contributed by atoms with Gasteiger partial charge in [-0.1, -0.05) is 23.7 Å². The summed E-state index contributed by atoms with van der Waals surface area (Å²) in [6.07, 6.45) is 0. The molecule has 1 heterocycles. The summed E-state index contributed by atoms with van der Waals surface area (Å²) < 4.78 is 0. The predicted octanol–water partition coefficient (Wildman–Crippen LogP) is 3.45. The first kappa shape index (κ1) is 18.4. The van der Waals surface area contributed by atoms with Crippen LogP contribution in [0.4, 0.5) is 0 Å². The Morgan fingerprint density at radius 3 is 2.54 bits per heavy atom. The van der Waals surface area contributed by atoms with E-state index in [1.807, 2.05) is 32.9 Å². The smallest absolute Gasteiger partial charge is 0.273 e. The molecule has 7 heteroatoms. The Morgan fingerprint density at radius 1 is 1.29 bits per heavy atom. The Morgan fingerprint density at radius 2 is 1.96 bits per heavy atom. The minimum absolute atomic E-state index is 0.0291. The van der Waals surface area contributed by atoms with Crippen molar-refractivity contribution in [3.05, 3.63) is 40.4 Å². The van der Waals surface area contributed by atoms with Gasteiger partial charge >= 0.3 is 0 Å². The fourth-order valence-corrected chi connectivity index (χ4v) is 3.05. The number of halogens is 1. The molecule has 0 aliphatic heterocycles. The van der Waals surface area contributed by atoms with Gasteiger partial charge in [-0.3, -0.25) is 9.59 Å². The summed E-state index contributed by atoms with van der Waals surface area (Å²) in [5.74, 6) is -0.416. The zero-order chi connectivity index (χ0) is 17.7. The van der Waals surface area contributed by atoms with Crippen molar-refractivity contribution in [1.82, 2.24) is 15.2 Å². The highest BCUT2D eigenvalue weighted by atomic mass is 35.5. The maximum absolute atomic E-state index is 12.6. The van der Waals surface area contributed by atoms with E-state index in [0.717, 1.165) is 10.6 Å². The van der Waals surface area contributed by atoms with Gasteiger partial charge in [-0.25, -0.2) is 4.98 Å². The Hall–Kier alpha value is -1.92. The van der Waals surface area contributed by atoms with Crippen LogP contribution in [-0.4, -0.2) is 40.8 Å². The van der Waals surface area contributed by atoms with Gasteiger partial charge in [-0.05, 0) is 32.9 Å². The van der Waals surface area contributed by atoms with Crippen LogP contribution in [0, 0.1) is 0 Å². The van der Waals surface area contributed by atoms with E-state index >= 15 is 0 Å². The van der Waals surface area contributed by atoms with E-state index < -0.39 is 0 Å². The van der Waals surface area contributed by atoms with E-state index in [1.165, 1.54) is 16.2 Å². The van der Waals surface area contributed by atoms with Crippen molar-refractivity contribution in [1.29, 1.82) is 0 Å². The first-order chi connectivity index (χ1) is 11.4. The van der Waals surface area contributed by atoms with Crippen LogP contribution in [0.15, 0.2) is 29.6 Å². The Bertz CT molecular complexity index is 713. The third kappa shape index (κ3) is 4.79. The molecule has 1 aromatic carbocycles. The van der Waals surface area contributed by atoms with Crippen LogP contribution in [0.25, 0.3) is 10.6 Å². The highest BCUT2D eigenvalue weighted by Gasteiger charge is 2.20. The van der Waals surface area contributed by atoms with Crippen LogP contribution in [0.2, 0.25) is 5.02 Å². The van der Waals surface area contributed by atoms with Gasteiger partial charge in [0.15, 0.2) is 0 Å². The van der Waals surface area contributed by atoms with Crippen molar-refractivity contribution < 1.29 is 9.59 Å². The zero-order valence-corrected chi connectivity index (χ0v) is 15.4. The predicted molar refractivity (Wildman–Crippen MR) is 97.4 cm³/mol. The number of likely N-dealkylation sites (N-methyl/N-ethyl adjacent to an activating group) is 1. The molecule has 128 valence electrons. The second-order valence-electron chi connectivity index (χ2n) is 5.59. The number of rotatable bonds is 6. The third-order valence-corrected chi connectivity index (χ3v) is 4.41. The molecule has 1 aromatic heterocycles. The molecule has 2 rings (SSSR count). The molecule has 0 radical (unpaired) electrons. The van der Waals surface area contributed by atoms with Crippen molar-refractivity contribution in [2.45, 2.75) is 26.8 Å². The quantitative estimate of drug-likeness (QED) is 0.852. The zero-order valence-electron chi connectivity index (χ0n) is 13.9. The molecule has 0 aliphatic carbocycles. The molecule has 5 nitrogen and oxygen atoms in total. The molecule has 0 spiro atoms. The maximum atomic E-state index is 12.6. The number of carbonyl (C=O) groups excluding carboxylic acids is 2. The highest BCUT2D eigenvalue weighted by molar-refractivity contribution is 7.13. The number of aromatic nitrogens is 1. The van der Waals surface area contributed by atoms with Gasteiger partial charge in [-0.15, -0.1) is 11.3 Å². The number of benzene rings is 1. The summed E-state index contributed by atoms with van der Waals surface area (Å²) in [5, 5.41) is 5.91. The van der Waals surface area contributed by atoms with Gasteiger partial charge in [0.2, 0.25) is 5.91 Å². The van der Waals surface area contributed by atoms with Gasteiger partial charge in [0, 0.05) is 28.6 Å². The lowest BCUT2D eigenvalue weighted by molar-refractivity contribution is -0.122. The molecule has 0 saturated carbocycles. The first-order valence-electron chi connectivity index (χ1n) is 7.70. The number of nitrogens with zero attached hydrogens (tertiary/aromatic N) is 2. The lowest BCUT2D eigenvalue weighted by Crippen LogP contribution is -2.42. The van der Waals surface area contributed by atoms with Gasteiger partial charge < -0.3 is 10.2 Å². The summed E-state index contributed by atoms with van der Waals surface area (Å²) in [5.41, 5.74) is 1.26. The van der Waals surface area contributed by atoms with Gasteiger partial charge in [0.1, 0.15) is 10.7 Å². The summed E-state index contributed by atoms with van der Waals surface area (Å²) in [6.45, 7) is 6.08. The molecule has 0 bridgehead atoms. The Balaban J connectivity index is 2.11. The van der Waals surface area contributed by atoms with E-state index in [4.69, 9.17) is 11.6 Å². The van der Waals surface area contributed by atoms with Crippen LogP contribution < -0.4 is 5.32 Å². The number of amides is 2. The average molecular weight is 366 g/mol. The van der Waals surface area contributed by atoms with E-state index in [2.05, 4.69) is 10.3 Å². The summed E-state index contributed by atoms with van der Waals surface area (Å²) in [7, 11) is 0. The summed E-state index contributed by atoms with van der Waals surface area (Å²) in [4.78, 5) is 30.3. The number of hydrogen-bond donors (Lipinski definition) is 1. The van der Waals surface area contributed by atoms with Crippen LogP contribution >= 0.6 is 22.9 Å². The van der Waals surface area contributed by atoms with Gasteiger partial charge in [0.25, 0.3) is 5.91 Å². The summed E-state index contributed by atoms with van der Waals surface area (Å²) >= 11 is 7.28. The largest absolute Gasteiger partial charge is 0.352 e. The maximum Gasteiger partial charge on any atom is 0.273 e. The second-order valence-corrected chi connectivity index (χ2v) is 6.88. The minimum atomic E-state index is -0.243. The molecular weight excluding hydrogens is 346 g/mol. The fraction of sp³-hybridized carbons (Fsp3) is 0.353. The molecule has 0 saturated heterocycles. The van der Waals surface area contributed by atoms with Gasteiger partial charge in [-0.2, -0.15) is 0 Å². The average Bonchev–Trinajstić information content (AvgIpc) is 3.02. The summed E-state index contributed by atoms with van der Waals surface area (Å²) in [6, 6.07) is 7.34. The Labute approximate surface area is 150 Å². The molecule has 0 fully saturated rings. The molecule has 0 atom stereocenters. The lowest BCUT2D eigenvalue weighted by Gasteiger charge is -2.20. The Kier molecular flexibility index (Phi) is 6.34. The van der Waals surface area contributed by atoms with Crippen LogP contribution in [0.1, 0.15) is 31.3 Å². The van der Waals surface area contributed by atoms with E-state index in [-0.39, 0.29) is 24.4 Å². The second kappa shape index (κ2) is 8.26. The number of carbonyl (C=O) groups is 2. The van der Waals surface area contributed by atoms with Crippen LogP contribution in [0.3, 0.4) is 0 Å². The minimum Gasteiger partial charge on any atom is -0.352 e. The van der Waals surface area contributed by atoms with E-state index in [9.17, 15) is 9.59 Å². The van der Waals surface area contributed by atoms with E-state index in [0.29, 0.717) is 17.3 Å². The van der Waals surface area contributed by atoms with Gasteiger partial charge in [0.05, 0.1) is 6.54 Å². The van der Waals surface area contributed by atoms with Crippen molar-refractivity contribution in [2.24, 2.45) is 0 Å². The number of nitrogens with one attached hydrogen (secondary N) is 1. The van der Waals surface area contributed by atoms with E-state index in [1.54, 1.807) is 17.5 Å². The first-order valence-corrected chi connectivity index (χ1v) is 8.96. The third-order valence-electron chi connectivity index (χ3n) is 3.27. The molecule has 1 N–H and O–H groups in total. The van der Waals surface area contributed by atoms with Crippen molar-refractivity contribution in [2.75, 3.05) is 13.1 Å². The number of hydrogen-bond acceptors (Lipinski definition) is 4. The van der Waals surface area contributed by atoms with Crippen molar-refractivity contribution in [3.63, 3.8) is 0 Å². The van der Waals surface area contributed by atoms with Crippen LogP contribution in [0.5, 0.6) is 0 Å². The molecule has 0 aliphatic rings. The normalized spacial score (nSPS) is 10.7. The standard InChI is InChI=1S/C17H20ClN3O2S/c1-4-21(9-15(22)19-11(2)3)17(23)14-10-24-16(20-14)12-5-7-13(18)8-6-12/h5-8,10-11H,4,9H2,1-3H3,(H,19,22). The molecule has 2 aromatic rings. The lowest BCUT2D eigenvalue weighted by atomic mass is 10.2. The topological polar surface area (TPSA) is 62.3 Å². The SMILES string of the molecule is CCN(CC(=O)NC(C)C)C(=O)c1csc(-c2ccc(Cl)cc2)n1.